The molecule has 1 N–H and O–H groups in total. The van der Waals surface area contributed by atoms with Crippen molar-refractivity contribution in [2.75, 3.05) is 0 Å². The molecule has 1 nitrogen and oxygen atoms in total. The first kappa shape index (κ1) is 5.48. The fraction of sp³-hybridized carbons (Fsp3) is 0.750. The van der Waals surface area contributed by atoms with Gasteiger partial charge >= 0.3 is 0 Å². The van der Waals surface area contributed by atoms with Crippen LogP contribution in [-0.4, -0.2) is 11.2 Å². The van der Waals surface area contributed by atoms with Gasteiger partial charge in [0.1, 0.15) is 0 Å². The van der Waals surface area contributed by atoms with Crippen LogP contribution < -0.4 is 0 Å². The lowest BCUT2D eigenvalue weighted by molar-refractivity contribution is 0.0898. The highest BCUT2D eigenvalue weighted by molar-refractivity contribution is 5.18. The predicted molar refractivity (Wildman–Crippen MR) is 36.0 cm³/mol. The highest BCUT2D eigenvalue weighted by Crippen LogP contribution is 2.48. The Labute approximate surface area is 55.4 Å². The smallest absolute Gasteiger partial charge is 0.0690 e. The molecule has 0 aromatic carbocycles. The summed E-state index contributed by atoms with van der Waals surface area (Å²) in [4.78, 5) is 0. The third kappa shape index (κ3) is 0.531. The topological polar surface area (TPSA) is 20.2 Å². The van der Waals surface area contributed by atoms with Crippen molar-refractivity contribution in [3.8, 4) is 0 Å². The van der Waals surface area contributed by atoms with E-state index in [0.29, 0.717) is 5.92 Å². The summed E-state index contributed by atoms with van der Waals surface area (Å²) in [5.74, 6) is 0.481. The second kappa shape index (κ2) is 1.40. The molecule has 0 saturated heterocycles. The summed E-state index contributed by atoms with van der Waals surface area (Å²) in [5, 5.41) is 9.53. The maximum Gasteiger partial charge on any atom is 0.0690 e. The van der Waals surface area contributed by atoms with Gasteiger partial charge in [-0.25, -0.2) is 0 Å². The molecule has 2 aliphatic rings. The van der Waals surface area contributed by atoms with Gasteiger partial charge in [-0.15, -0.1) is 0 Å². The Morgan fingerprint density at radius 1 is 1.67 bits per heavy atom. The Kier molecular flexibility index (Phi) is 0.854. The molecule has 2 aliphatic carbocycles. The lowest BCUT2D eigenvalue weighted by atomic mass is 9.89. The maximum atomic E-state index is 9.53. The van der Waals surface area contributed by atoms with E-state index >= 15 is 0 Å². The molecule has 50 valence electrons. The van der Waals surface area contributed by atoms with Gasteiger partial charge in [0, 0.05) is 11.3 Å². The fourth-order valence-electron chi connectivity index (χ4n) is 2.00. The Morgan fingerprint density at radius 2 is 2.44 bits per heavy atom. The zero-order valence-electron chi connectivity index (χ0n) is 5.67. The van der Waals surface area contributed by atoms with Gasteiger partial charge in [0.05, 0.1) is 6.10 Å². The van der Waals surface area contributed by atoms with E-state index < -0.39 is 0 Å². The monoisotopic (exact) mass is 124 g/mol. The maximum absolute atomic E-state index is 9.53. The van der Waals surface area contributed by atoms with E-state index in [1.807, 2.05) is 0 Å². The minimum Gasteiger partial charge on any atom is -0.392 e. The Morgan fingerprint density at radius 3 is 2.56 bits per heavy atom. The van der Waals surface area contributed by atoms with Gasteiger partial charge < -0.3 is 5.11 Å². The van der Waals surface area contributed by atoms with Crippen LogP contribution in [0.4, 0.5) is 0 Å². The van der Waals surface area contributed by atoms with Crippen LogP contribution in [0.25, 0.3) is 0 Å². The largest absolute Gasteiger partial charge is 0.392 e. The predicted octanol–water partition coefficient (Wildman–Crippen LogP) is 1.33. The van der Waals surface area contributed by atoms with Gasteiger partial charge in [-0.3, -0.25) is 0 Å². The molecule has 0 spiro atoms. The number of rotatable bonds is 0. The first-order valence-electron chi connectivity index (χ1n) is 3.60. The lowest BCUT2D eigenvalue weighted by Gasteiger charge is -2.20. The van der Waals surface area contributed by atoms with Crippen LogP contribution in [0, 0.1) is 11.3 Å². The molecule has 1 heteroatoms. The van der Waals surface area contributed by atoms with E-state index in [4.69, 9.17) is 0 Å². The van der Waals surface area contributed by atoms with Crippen molar-refractivity contribution >= 4 is 0 Å². The second-order valence-electron chi connectivity index (χ2n) is 3.51. The molecule has 2 bridgehead atoms. The number of aliphatic hydroxyl groups is 1. The van der Waals surface area contributed by atoms with E-state index in [-0.39, 0.29) is 11.5 Å². The van der Waals surface area contributed by atoms with Crippen LogP contribution in [0.15, 0.2) is 12.2 Å². The van der Waals surface area contributed by atoms with Crippen molar-refractivity contribution in [2.24, 2.45) is 11.3 Å². The Balaban J connectivity index is 2.36. The first-order chi connectivity index (χ1) is 4.22. The van der Waals surface area contributed by atoms with Crippen molar-refractivity contribution in [3.63, 3.8) is 0 Å². The SMILES string of the molecule is C[C@@]12C=C[C@H](CC1)[C@@H]2O. The van der Waals surface area contributed by atoms with Crippen molar-refractivity contribution in [1.82, 2.24) is 0 Å². The van der Waals surface area contributed by atoms with E-state index in [1.54, 1.807) is 0 Å². The third-order valence-corrected chi connectivity index (χ3v) is 2.82. The summed E-state index contributed by atoms with van der Waals surface area (Å²) in [7, 11) is 0. The van der Waals surface area contributed by atoms with Gasteiger partial charge in [-0.1, -0.05) is 19.1 Å². The van der Waals surface area contributed by atoms with E-state index in [2.05, 4.69) is 19.1 Å². The fourth-order valence-corrected chi connectivity index (χ4v) is 2.00. The molecule has 0 aliphatic heterocycles. The molecule has 3 atom stereocenters. The van der Waals surface area contributed by atoms with Crippen LogP contribution in [-0.2, 0) is 0 Å². The molecule has 0 radical (unpaired) electrons. The standard InChI is InChI=1S/C8H12O/c1-8-4-2-6(3-5-8)7(8)9/h2,4,6-7,9H,3,5H2,1H3/t6-,7+,8-/m1/s1. The van der Waals surface area contributed by atoms with Crippen LogP contribution in [0.5, 0.6) is 0 Å². The van der Waals surface area contributed by atoms with Crippen molar-refractivity contribution in [3.05, 3.63) is 12.2 Å². The van der Waals surface area contributed by atoms with E-state index in [0.717, 1.165) is 0 Å². The summed E-state index contributed by atoms with van der Waals surface area (Å²) in [6.45, 7) is 2.14. The molecule has 1 saturated carbocycles. The van der Waals surface area contributed by atoms with Gasteiger partial charge in [0.25, 0.3) is 0 Å². The number of hydrogen-bond acceptors (Lipinski definition) is 1. The highest BCUT2D eigenvalue weighted by atomic mass is 16.3. The normalized spacial score (nSPS) is 54.9. The zero-order valence-corrected chi connectivity index (χ0v) is 5.67. The van der Waals surface area contributed by atoms with E-state index in [1.165, 1.54) is 12.8 Å². The number of fused-ring (bicyclic) bond motifs is 2. The summed E-state index contributed by atoms with van der Waals surface area (Å²) in [6.07, 6.45) is 6.63. The van der Waals surface area contributed by atoms with Crippen LogP contribution in [0.2, 0.25) is 0 Å². The molecular formula is C8H12O. The molecule has 0 amide bonds. The van der Waals surface area contributed by atoms with Crippen molar-refractivity contribution in [1.29, 1.82) is 0 Å². The number of hydrogen-bond donors (Lipinski definition) is 1. The van der Waals surface area contributed by atoms with Crippen molar-refractivity contribution in [2.45, 2.75) is 25.9 Å². The Hall–Kier alpha value is -0.300. The average Bonchev–Trinajstić information content (AvgIpc) is 2.24. The summed E-state index contributed by atoms with van der Waals surface area (Å²) < 4.78 is 0. The molecule has 0 heterocycles. The average molecular weight is 124 g/mol. The summed E-state index contributed by atoms with van der Waals surface area (Å²) in [6, 6.07) is 0. The van der Waals surface area contributed by atoms with Crippen molar-refractivity contribution < 1.29 is 5.11 Å². The molecule has 0 aromatic heterocycles. The molecular weight excluding hydrogens is 112 g/mol. The van der Waals surface area contributed by atoms with Gasteiger partial charge in [-0.05, 0) is 12.8 Å². The second-order valence-corrected chi connectivity index (χ2v) is 3.51. The lowest BCUT2D eigenvalue weighted by Crippen LogP contribution is -2.22. The molecule has 1 fully saturated rings. The third-order valence-electron chi connectivity index (χ3n) is 2.82. The summed E-state index contributed by atoms with van der Waals surface area (Å²) >= 11 is 0. The minimum absolute atomic E-state index is 0.0718. The summed E-state index contributed by atoms with van der Waals surface area (Å²) in [5.41, 5.74) is 0.144. The van der Waals surface area contributed by atoms with Gasteiger partial charge in [-0.2, -0.15) is 0 Å². The molecule has 9 heavy (non-hydrogen) atoms. The van der Waals surface area contributed by atoms with Gasteiger partial charge in [0.15, 0.2) is 0 Å². The van der Waals surface area contributed by atoms with Gasteiger partial charge in [0.2, 0.25) is 0 Å². The van der Waals surface area contributed by atoms with Crippen LogP contribution in [0.3, 0.4) is 0 Å². The molecule has 0 aromatic rings. The minimum atomic E-state index is -0.0718. The Bertz CT molecular complexity index is 162. The first-order valence-corrected chi connectivity index (χ1v) is 3.60. The molecule has 2 rings (SSSR count). The molecule has 0 unspecified atom stereocenters. The van der Waals surface area contributed by atoms with E-state index in [9.17, 15) is 5.11 Å². The van der Waals surface area contributed by atoms with Crippen LogP contribution in [0.1, 0.15) is 19.8 Å². The quantitative estimate of drug-likeness (QED) is 0.483. The van der Waals surface area contributed by atoms with Crippen LogP contribution >= 0.6 is 0 Å². The highest BCUT2D eigenvalue weighted by Gasteiger charge is 2.45. The zero-order chi connectivity index (χ0) is 6.48. The number of aliphatic hydroxyl groups excluding tert-OH is 1.